The molecule has 2 N–H and O–H groups in total. The van der Waals surface area contributed by atoms with Crippen LogP contribution in [0.2, 0.25) is 0 Å². The van der Waals surface area contributed by atoms with Gasteiger partial charge in [0.15, 0.2) is 0 Å². The van der Waals surface area contributed by atoms with Crippen LogP contribution in [0.5, 0.6) is 0 Å². The summed E-state index contributed by atoms with van der Waals surface area (Å²) in [5.74, 6) is 0. The number of carbonyl (C=O) groups is 1. The molecule has 0 atom stereocenters. The van der Waals surface area contributed by atoms with Crippen molar-refractivity contribution < 1.29 is 4.79 Å². The SMILES string of the molecule is [N-]=[N+]=Nc1ccc(NC(=O)NC2CCCCC2)cc1. The Bertz CT molecular complexity index is 472. The van der Waals surface area contributed by atoms with Gasteiger partial charge in [-0.3, -0.25) is 0 Å². The van der Waals surface area contributed by atoms with Crippen LogP contribution < -0.4 is 10.6 Å². The zero-order chi connectivity index (χ0) is 13.5. The number of urea groups is 1. The lowest BCUT2D eigenvalue weighted by Gasteiger charge is -2.22. The van der Waals surface area contributed by atoms with Crippen LogP contribution in [0, 0.1) is 0 Å². The molecule has 6 nitrogen and oxygen atoms in total. The van der Waals surface area contributed by atoms with Gasteiger partial charge in [-0.15, -0.1) is 0 Å². The molecule has 1 fully saturated rings. The average Bonchev–Trinajstić information content (AvgIpc) is 2.42. The van der Waals surface area contributed by atoms with Gasteiger partial charge >= 0.3 is 6.03 Å². The fourth-order valence-corrected chi connectivity index (χ4v) is 2.26. The lowest BCUT2D eigenvalue weighted by molar-refractivity contribution is 0.244. The highest BCUT2D eigenvalue weighted by Gasteiger charge is 2.15. The second-order valence-corrected chi connectivity index (χ2v) is 4.67. The lowest BCUT2D eigenvalue weighted by Crippen LogP contribution is -2.38. The molecule has 0 saturated heterocycles. The van der Waals surface area contributed by atoms with Crippen LogP contribution in [-0.2, 0) is 0 Å². The Hall–Kier alpha value is -2.20. The molecule has 100 valence electrons. The van der Waals surface area contributed by atoms with Crippen molar-refractivity contribution >= 4 is 17.4 Å². The van der Waals surface area contributed by atoms with Gasteiger partial charge in [-0.2, -0.15) is 0 Å². The molecule has 0 heterocycles. The third-order valence-corrected chi connectivity index (χ3v) is 3.23. The normalized spacial score (nSPS) is 15.4. The van der Waals surface area contributed by atoms with Crippen LogP contribution in [0.4, 0.5) is 16.2 Å². The smallest absolute Gasteiger partial charge is 0.319 e. The highest BCUT2D eigenvalue weighted by Crippen LogP contribution is 2.18. The molecular formula is C13H17N5O. The van der Waals surface area contributed by atoms with Crippen LogP contribution in [0.1, 0.15) is 32.1 Å². The highest BCUT2D eigenvalue weighted by atomic mass is 16.2. The molecule has 0 aliphatic heterocycles. The molecule has 2 rings (SSSR count). The predicted octanol–water partition coefficient (Wildman–Crippen LogP) is 4.08. The Morgan fingerprint density at radius 2 is 1.89 bits per heavy atom. The Morgan fingerprint density at radius 3 is 2.53 bits per heavy atom. The summed E-state index contributed by atoms with van der Waals surface area (Å²) in [6.45, 7) is 0. The van der Waals surface area contributed by atoms with Crippen molar-refractivity contribution in [1.82, 2.24) is 5.32 Å². The monoisotopic (exact) mass is 259 g/mol. The first-order valence-electron chi connectivity index (χ1n) is 6.50. The Balaban J connectivity index is 1.85. The number of azide groups is 1. The molecule has 1 aromatic carbocycles. The number of rotatable bonds is 3. The van der Waals surface area contributed by atoms with Crippen molar-refractivity contribution in [2.24, 2.45) is 5.11 Å². The van der Waals surface area contributed by atoms with E-state index in [0.29, 0.717) is 11.4 Å². The van der Waals surface area contributed by atoms with E-state index in [9.17, 15) is 4.79 Å². The molecule has 1 saturated carbocycles. The number of nitrogens with zero attached hydrogens (tertiary/aromatic N) is 3. The molecular weight excluding hydrogens is 242 g/mol. The molecule has 2 amide bonds. The number of anilines is 1. The minimum atomic E-state index is -0.177. The van der Waals surface area contributed by atoms with Crippen molar-refractivity contribution in [2.75, 3.05) is 5.32 Å². The number of amides is 2. The zero-order valence-corrected chi connectivity index (χ0v) is 10.7. The molecule has 19 heavy (non-hydrogen) atoms. The van der Waals surface area contributed by atoms with Crippen molar-refractivity contribution in [3.05, 3.63) is 34.7 Å². The van der Waals surface area contributed by atoms with E-state index in [0.717, 1.165) is 12.8 Å². The van der Waals surface area contributed by atoms with Crippen molar-refractivity contribution in [2.45, 2.75) is 38.1 Å². The van der Waals surface area contributed by atoms with Crippen molar-refractivity contribution in [1.29, 1.82) is 0 Å². The molecule has 1 aromatic rings. The molecule has 0 radical (unpaired) electrons. The Labute approximate surface area is 111 Å². The number of nitrogens with one attached hydrogen (secondary N) is 2. The number of hydrogen-bond donors (Lipinski definition) is 2. The van der Waals surface area contributed by atoms with Gasteiger partial charge in [-0.05, 0) is 30.5 Å². The van der Waals surface area contributed by atoms with Crippen molar-refractivity contribution in [3.8, 4) is 0 Å². The summed E-state index contributed by atoms with van der Waals surface area (Å²) >= 11 is 0. The first-order chi connectivity index (χ1) is 9.28. The van der Waals surface area contributed by atoms with Crippen LogP contribution >= 0.6 is 0 Å². The van der Waals surface area contributed by atoms with E-state index in [-0.39, 0.29) is 12.1 Å². The van der Waals surface area contributed by atoms with Crippen LogP contribution in [-0.4, -0.2) is 12.1 Å². The summed E-state index contributed by atoms with van der Waals surface area (Å²) in [4.78, 5) is 14.5. The summed E-state index contributed by atoms with van der Waals surface area (Å²) in [5, 5.41) is 9.22. The van der Waals surface area contributed by atoms with Gasteiger partial charge in [0.1, 0.15) is 0 Å². The largest absolute Gasteiger partial charge is 0.335 e. The van der Waals surface area contributed by atoms with E-state index in [1.807, 2.05) is 0 Å². The second-order valence-electron chi connectivity index (χ2n) is 4.67. The maximum atomic E-state index is 11.8. The van der Waals surface area contributed by atoms with Crippen LogP contribution in [0.15, 0.2) is 29.4 Å². The van der Waals surface area contributed by atoms with Gasteiger partial charge in [0, 0.05) is 22.3 Å². The first kappa shape index (κ1) is 13.2. The number of benzene rings is 1. The molecule has 1 aliphatic carbocycles. The van der Waals surface area contributed by atoms with Gasteiger partial charge in [-0.25, -0.2) is 4.79 Å². The Kier molecular flexibility index (Phi) is 4.64. The van der Waals surface area contributed by atoms with Crippen LogP contribution in [0.3, 0.4) is 0 Å². The molecule has 0 spiro atoms. The molecule has 1 aliphatic rings. The van der Waals surface area contributed by atoms with Crippen molar-refractivity contribution in [3.63, 3.8) is 0 Å². The third kappa shape index (κ3) is 4.19. The van der Waals surface area contributed by atoms with E-state index in [4.69, 9.17) is 5.53 Å². The van der Waals surface area contributed by atoms with Gasteiger partial charge < -0.3 is 10.6 Å². The maximum Gasteiger partial charge on any atom is 0.319 e. The molecule has 0 unspecified atom stereocenters. The third-order valence-electron chi connectivity index (χ3n) is 3.23. The number of hydrogen-bond acceptors (Lipinski definition) is 2. The van der Waals surface area contributed by atoms with E-state index >= 15 is 0 Å². The average molecular weight is 259 g/mol. The van der Waals surface area contributed by atoms with Gasteiger partial charge in [0.05, 0.1) is 0 Å². The molecule has 6 heteroatoms. The summed E-state index contributed by atoms with van der Waals surface area (Å²) in [6, 6.07) is 6.86. The topological polar surface area (TPSA) is 89.9 Å². The van der Waals surface area contributed by atoms with Gasteiger partial charge in [0.2, 0.25) is 0 Å². The summed E-state index contributed by atoms with van der Waals surface area (Å²) < 4.78 is 0. The fourth-order valence-electron chi connectivity index (χ4n) is 2.26. The number of carbonyl (C=O) groups excluding carboxylic acids is 1. The van der Waals surface area contributed by atoms with Crippen LogP contribution in [0.25, 0.3) is 10.4 Å². The van der Waals surface area contributed by atoms with E-state index in [1.54, 1.807) is 24.3 Å². The first-order valence-corrected chi connectivity index (χ1v) is 6.50. The summed E-state index contributed by atoms with van der Waals surface area (Å²) in [6.07, 6.45) is 5.75. The molecule has 0 aromatic heterocycles. The van der Waals surface area contributed by atoms with Gasteiger partial charge in [-0.1, -0.05) is 36.5 Å². The van der Waals surface area contributed by atoms with E-state index < -0.39 is 0 Å². The summed E-state index contributed by atoms with van der Waals surface area (Å²) in [7, 11) is 0. The highest BCUT2D eigenvalue weighted by molar-refractivity contribution is 5.89. The predicted molar refractivity (Wildman–Crippen MR) is 74.3 cm³/mol. The Morgan fingerprint density at radius 1 is 1.21 bits per heavy atom. The van der Waals surface area contributed by atoms with E-state index in [1.165, 1.54) is 19.3 Å². The quantitative estimate of drug-likeness (QED) is 0.478. The fraction of sp³-hybridized carbons (Fsp3) is 0.462. The second kappa shape index (κ2) is 6.66. The minimum Gasteiger partial charge on any atom is -0.335 e. The zero-order valence-electron chi connectivity index (χ0n) is 10.7. The minimum absolute atomic E-state index is 0.177. The lowest BCUT2D eigenvalue weighted by atomic mass is 9.96. The standard InChI is InChI=1S/C13H17N5O/c14-18-17-12-8-6-11(7-9-12)16-13(19)15-10-4-2-1-3-5-10/h6-10H,1-5H2,(H2,15,16,19). The molecule has 0 bridgehead atoms. The van der Waals surface area contributed by atoms with E-state index in [2.05, 4.69) is 20.7 Å². The maximum absolute atomic E-state index is 11.8. The van der Waals surface area contributed by atoms with Gasteiger partial charge in [0.25, 0.3) is 0 Å². The summed E-state index contributed by atoms with van der Waals surface area (Å²) in [5.41, 5.74) is 9.51.